The van der Waals surface area contributed by atoms with E-state index in [0.717, 1.165) is 24.3 Å². The largest absolute Gasteiger partial charge is 0.457 e. The molecule has 2 aromatic rings. The molecule has 0 bridgehead atoms. The van der Waals surface area contributed by atoms with Crippen molar-refractivity contribution in [2.75, 3.05) is 6.54 Å². The van der Waals surface area contributed by atoms with Crippen LogP contribution >= 0.6 is 23.2 Å². The van der Waals surface area contributed by atoms with Crippen LogP contribution in [0.2, 0.25) is 10.0 Å². The molecular formula is C16H17Cl2NO. The van der Waals surface area contributed by atoms with Gasteiger partial charge in [-0.15, -0.1) is 0 Å². The van der Waals surface area contributed by atoms with Crippen molar-refractivity contribution in [3.8, 4) is 11.5 Å². The zero-order valence-corrected chi connectivity index (χ0v) is 12.8. The van der Waals surface area contributed by atoms with Crippen molar-refractivity contribution in [1.82, 2.24) is 5.32 Å². The average Bonchev–Trinajstić information content (AvgIpc) is 2.42. The van der Waals surface area contributed by atoms with Crippen LogP contribution < -0.4 is 10.1 Å². The Balaban J connectivity index is 2.20. The summed E-state index contributed by atoms with van der Waals surface area (Å²) in [6, 6.07) is 13.0. The van der Waals surface area contributed by atoms with Gasteiger partial charge in [0.1, 0.15) is 11.5 Å². The van der Waals surface area contributed by atoms with Crippen molar-refractivity contribution < 1.29 is 4.74 Å². The summed E-state index contributed by atoms with van der Waals surface area (Å²) in [5, 5.41) is 4.69. The fourth-order valence-corrected chi connectivity index (χ4v) is 2.27. The lowest BCUT2D eigenvalue weighted by Crippen LogP contribution is -2.14. The maximum Gasteiger partial charge on any atom is 0.133 e. The molecule has 0 heterocycles. The van der Waals surface area contributed by atoms with E-state index in [1.54, 1.807) is 6.07 Å². The highest BCUT2D eigenvalue weighted by atomic mass is 35.5. The molecule has 0 fully saturated rings. The van der Waals surface area contributed by atoms with Gasteiger partial charge in [-0.2, -0.15) is 0 Å². The first kappa shape index (κ1) is 15.2. The minimum absolute atomic E-state index is 0.648. The Hall–Kier alpha value is -1.22. The zero-order valence-electron chi connectivity index (χ0n) is 11.3. The van der Waals surface area contributed by atoms with Crippen molar-refractivity contribution in [2.45, 2.75) is 19.9 Å². The molecule has 20 heavy (non-hydrogen) atoms. The van der Waals surface area contributed by atoms with Crippen LogP contribution in [-0.2, 0) is 6.54 Å². The SMILES string of the molecule is CCCNCc1c(Cl)cccc1Oc1cccc(Cl)c1. The Morgan fingerprint density at radius 1 is 1.10 bits per heavy atom. The lowest BCUT2D eigenvalue weighted by Gasteiger charge is -2.13. The Morgan fingerprint density at radius 2 is 1.90 bits per heavy atom. The second-order valence-electron chi connectivity index (χ2n) is 4.45. The zero-order chi connectivity index (χ0) is 14.4. The molecule has 0 spiro atoms. The number of rotatable bonds is 6. The van der Waals surface area contributed by atoms with E-state index < -0.39 is 0 Å². The molecule has 106 valence electrons. The van der Waals surface area contributed by atoms with E-state index in [-0.39, 0.29) is 0 Å². The van der Waals surface area contributed by atoms with E-state index in [0.29, 0.717) is 22.3 Å². The van der Waals surface area contributed by atoms with Crippen LogP contribution in [0.1, 0.15) is 18.9 Å². The maximum atomic E-state index is 6.26. The van der Waals surface area contributed by atoms with Crippen LogP contribution in [0.5, 0.6) is 11.5 Å². The fraction of sp³-hybridized carbons (Fsp3) is 0.250. The highest BCUT2D eigenvalue weighted by Gasteiger charge is 2.09. The second kappa shape index (κ2) is 7.53. The number of nitrogens with one attached hydrogen (secondary N) is 1. The van der Waals surface area contributed by atoms with Gasteiger partial charge in [-0.25, -0.2) is 0 Å². The number of benzene rings is 2. The van der Waals surface area contributed by atoms with Crippen LogP contribution in [0, 0.1) is 0 Å². The Kier molecular flexibility index (Phi) is 5.72. The Morgan fingerprint density at radius 3 is 2.65 bits per heavy atom. The summed E-state index contributed by atoms with van der Waals surface area (Å²) in [6.07, 6.45) is 1.08. The molecule has 0 aliphatic carbocycles. The van der Waals surface area contributed by atoms with Crippen molar-refractivity contribution in [2.24, 2.45) is 0 Å². The molecule has 1 N–H and O–H groups in total. The van der Waals surface area contributed by atoms with E-state index in [1.807, 2.05) is 36.4 Å². The third kappa shape index (κ3) is 4.14. The summed E-state index contributed by atoms with van der Waals surface area (Å²) < 4.78 is 5.89. The van der Waals surface area contributed by atoms with Gasteiger partial charge in [0.05, 0.1) is 0 Å². The highest BCUT2D eigenvalue weighted by molar-refractivity contribution is 6.31. The monoisotopic (exact) mass is 309 g/mol. The first-order chi connectivity index (χ1) is 9.70. The number of halogens is 2. The van der Waals surface area contributed by atoms with Crippen LogP contribution in [0.4, 0.5) is 0 Å². The molecule has 0 atom stereocenters. The molecule has 0 saturated carbocycles. The topological polar surface area (TPSA) is 21.3 Å². The van der Waals surface area contributed by atoms with Crippen molar-refractivity contribution in [3.63, 3.8) is 0 Å². The molecule has 2 rings (SSSR count). The van der Waals surface area contributed by atoms with Gasteiger partial charge in [0.25, 0.3) is 0 Å². The number of hydrogen-bond donors (Lipinski definition) is 1. The van der Waals surface area contributed by atoms with Crippen molar-refractivity contribution >= 4 is 23.2 Å². The standard InChI is InChI=1S/C16H17Cl2NO/c1-2-9-19-11-14-15(18)7-4-8-16(14)20-13-6-3-5-12(17)10-13/h3-8,10,19H,2,9,11H2,1H3. The molecule has 0 saturated heterocycles. The van der Waals surface area contributed by atoms with Crippen LogP contribution in [0.3, 0.4) is 0 Å². The van der Waals surface area contributed by atoms with Gasteiger partial charge in [0.2, 0.25) is 0 Å². The van der Waals surface area contributed by atoms with Gasteiger partial charge in [0.15, 0.2) is 0 Å². The average molecular weight is 310 g/mol. The normalized spacial score (nSPS) is 10.6. The van der Waals surface area contributed by atoms with E-state index >= 15 is 0 Å². The third-order valence-electron chi connectivity index (χ3n) is 2.83. The van der Waals surface area contributed by atoms with E-state index in [9.17, 15) is 0 Å². The molecule has 0 unspecified atom stereocenters. The van der Waals surface area contributed by atoms with Gasteiger partial charge in [-0.1, -0.05) is 42.3 Å². The lowest BCUT2D eigenvalue weighted by molar-refractivity contribution is 0.473. The van der Waals surface area contributed by atoms with E-state index in [1.165, 1.54) is 0 Å². The van der Waals surface area contributed by atoms with Crippen LogP contribution in [-0.4, -0.2) is 6.54 Å². The van der Waals surface area contributed by atoms with Gasteiger partial charge >= 0.3 is 0 Å². The minimum Gasteiger partial charge on any atom is -0.457 e. The first-order valence-corrected chi connectivity index (χ1v) is 7.38. The summed E-state index contributed by atoms with van der Waals surface area (Å²) in [7, 11) is 0. The smallest absolute Gasteiger partial charge is 0.133 e. The third-order valence-corrected chi connectivity index (χ3v) is 3.42. The molecule has 4 heteroatoms. The summed E-state index contributed by atoms with van der Waals surface area (Å²) in [5.74, 6) is 1.46. The molecule has 0 aliphatic rings. The van der Waals surface area contributed by atoms with Crippen LogP contribution in [0.25, 0.3) is 0 Å². The minimum atomic E-state index is 0.648. The summed E-state index contributed by atoms with van der Waals surface area (Å²) >= 11 is 12.2. The van der Waals surface area contributed by atoms with Gasteiger partial charge < -0.3 is 10.1 Å². The first-order valence-electron chi connectivity index (χ1n) is 6.62. The molecule has 2 nitrogen and oxygen atoms in total. The van der Waals surface area contributed by atoms with Crippen molar-refractivity contribution in [1.29, 1.82) is 0 Å². The predicted octanol–water partition coefficient (Wildman–Crippen LogP) is 5.29. The highest BCUT2D eigenvalue weighted by Crippen LogP contribution is 2.31. The molecule has 0 radical (unpaired) electrons. The fourth-order valence-electron chi connectivity index (χ4n) is 1.85. The van der Waals surface area contributed by atoms with Crippen LogP contribution in [0.15, 0.2) is 42.5 Å². The molecule has 0 aliphatic heterocycles. The summed E-state index contributed by atoms with van der Waals surface area (Å²) in [5.41, 5.74) is 0.961. The number of hydrogen-bond acceptors (Lipinski definition) is 2. The lowest BCUT2D eigenvalue weighted by atomic mass is 10.2. The summed E-state index contributed by atoms with van der Waals surface area (Å²) in [4.78, 5) is 0. The molecule has 2 aromatic carbocycles. The van der Waals surface area contributed by atoms with E-state index in [4.69, 9.17) is 27.9 Å². The van der Waals surface area contributed by atoms with Gasteiger partial charge in [-0.3, -0.25) is 0 Å². The Labute approximate surface area is 129 Å². The second-order valence-corrected chi connectivity index (χ2v) is 5.30. The molecule has 0 amide bonds. The molecular weight excluding hydrogens is 293 g/mol. The van der Waals surface area contributed by atoms with Gasteiger partial charge in [0, 0.05) is 22.2 Å². The molecule has 0 aromatic heterocycles. The summed E-state index contributed by atoms with van der Waals surface area (Å²) in [6.45, 7) is 3.76. The predicted molar refractivity (Wildman–Crippen MR) is 85.0 cm³/mol. The van der Waals surface area contributed by atoms with E-state index in [2.05, 4.69) is 12.2 Å². The van der Waals surface area contributed by atoms with Gasteiger partial charge in [-0.05, 0) is 43.3 Å². The quantitative estimate of drug-likeness (QED) is 0.732. The maximum absolute atomic E-state index is 6.26. The number of ether oxygens (including phenoxy) is 1. The Bertz CT molecular complexity index is 572. The van der Waals surface area contributed by atoms with Crippen molar-refractivity contribution in [3.05, 3.63) is 58.1 Å².